The van der Waals surface area contributed by atoms with E-state index in [2.05, 4.69) is 5.32 Å². The normalized spacial score (nSPS) is 15.3. The number of para-hydroxylation sites is 2. The van der Waals surface area contributed by atoms with Crippen LogP contribution in [0.5, 0.6) is 5.75 Å². The molecule has 3 aromatic carbocycles. The molecule has 0 aliphatic carbocycles. The van der Waals surface area contributed by atoms with Crippen molar-refractivity contribution in [1.29, 1.82) is 0 Å². The highest BCUT2D eigenvalue weighted by Crippen LogP contribution is 2.37. The van der Waals surface area contributed by atoms with Crippen molar-refractivity contribution in [3.8, 4) is 5.75 Å². The molecular formula is C24H21Cl3N2O4S2. The number of hydrogen-bond donors (Lipinski definition) is 1. The summed E-state index contributed by atoms with van der Waals surface area (Å²) in [4.78, 5) is 13.0. The zero-order valence-corrected chi connectivity index (χ0v) is 22.2. The van der Waals surface area contributed by atoms with Crippen LogP contribution in [0.1, 0.15) is 5.56 Å². The van der Waals surface area contributed by atoms with Gasteiger partial charge >= 0.3 is 0 Å². The molecule has 0 unspecified atom stereocenters. The molecule has 1 atom stereocenters. The second-order valence-electron chi connectivity index (χ2n) is 7.61. The second kappa shape index (κ2) is 11.3. The van der Waals surface area contributed by atoms with Crippen LogP contribution in [-0.4, -0.2) is 39.3 Å². The lowest BCUT2D eigenvalue weighted by molar-refractivity contribution is -0.127. The minimum absolute atomic E-state index is 0.0763. The summed E-state index contributed by atoms with van der Waals surface area (Å²) >= 11 is 19.9. The zero-order valence-electron chi connectivity index (χ0n) is 18.3. The molecule has 35 heavy (non-hydrogen) atoms. The fourth-order valence-electron chi connectivity index (χ4n) is 3.50. The van der Waals surface area contributed by atoms with Gasteiger partial charge in [-0.1, -0.05) is 53.0 Å². The van der Waals surface area contributed by atoms with Gasteiger partial charge in [0.15, 0.2) is 6.10 Å². The first-order chi connectivity index (χ1) is 16.8. The van der Waals surface area contributed by atoms with Gasteiger partial charge in [-0.3, -0.25) is 9.10 Å². The van der Waals surface area contributed by atoms with Gasteiger partial charge in [-0.05, 0) is 54.1 Å². The molecule has 1 N–H and O–H groups in total. The van der Waals surface area contributed by atoms with Gasteiger partial charge in [0, 0.05) is 33.1 Å². The number of fused-ring (bicyclic) bond motifs is 1. The van der Waals surface area contributed by atoms with Gasteiger partial charge < -0.3 is 10.1 Å². The third kappa shape index (κ3) is 6.01. The Labute approximate surface area is 223 Å². The quantitative estimate of drug-likeness (QED) is 0.354. The van der Waals surface area contributed by atoms with Crippen molar-refractivity contribution in [3.63, 3.8) is 0 Å². The molecular weight excluding hydrogens is 551 g/mol. The first-order valence-electron chi connectivity index (χ1n) is 10.6. The summed E-state index contributed by atoms with van der Waals surface area (Å²) in [6, 6.07) is 18.0. The second-order valence-corrected chi connectivity index (χ2v) is 11.8. The van der Waals surface area contributed by atoms with Crippen LogP contribution in [0.3, 0.4) is 0 Å². The summed E-state index contributed by atoms with van der Waals surface area (Å²) in [5.41, 5.74) is 1.22. The van der Waals surface area contributed by atoms with Gasteiger partial charge in [0.2, 0.25) is 0 Å². The topological polar surface area (TPSA) is 75.7 Å². The Morgan fingerprint density at radius 3 is 2.40 bits per heavy atom. The van der Waals surface area contributed by atoms with Crippen molar-refractivity contribution < 1.29 is 17.9 Å². The molecule has 1 heterocycles. The number of nitrogens with zero attached hydrogens (tertiary/aromatic N) is 1. The van der Waals surface area contributed by atoms with Crippen LogP contribution < -0.4 is 14.4 Å². The molecule has 0 aromatic heterocycles. The molecule has 0 radical (unpaired) electrons. The number of benzene rings is 3. The van der Waals surface area contributed by atoms with Crippen molar-refractivity contribution in [1.82, 2.24) is 5.32 Å². The van der Waals surface area contributed by atoms with Gasteiger partial charge in [-0.15, -0.1) is 0 Å². The molecule has 1 aliphatic rings. The number of amides is 1. The summed E-state index contributed by atoms with van der Waals surface area (Å²) in [6.07, 6.45) is -1.00. The molecule has 0 saturated heterocycles. The Hall–Kier alpha value is -2.10. The standard InChI is InChI=1S/C24H21Cl3N2O4S2/c25-16-8-10-17(11-9-16)35(31,32)29-14-23(33-22-7-2-1-6-21(22)29)24(30)28-12-13-34-15-18-19(26)4-3-5-20(18)27/h1-11,23H,12-15H2,(H,28,30)/t23-/m0/s1. The van der Waals surface area contributed by atoms with E-state index in [-0.39, 0.29) is 11.4 Å². The number of carbonyl (C=O) groups is 1. The van der Waals surface area contributed by atoms with E-state index in [9.17, 15) is 13.2 Å². The zero-order chi connectivity index (χ0) is 25.0. The number of thioether (sulfide) groups is 1. The number of carbonyl (C=O) groups excluding carboxylic acids is 1. The third-order valence-electron chi connectivity index (χ3n) is 5.28. The number of sulfonamides is 1. The summed E-state index contributed by atoms with van der Waals surface area (Å²) in [7, 11) is -3.94. The molecule has 4 rings (SSSR count). The molecule has 0 spiro atoms. The predicted octanol–water partition coefficient (Wildman–Crippen LogP) is 5.65. The van der Waals surface area contributed by atoms with Crippen molar-refractivity contribution in [3.05, 3.63) is 87.4 Å². The van der Waals surface area contributed by atoms with Crippen LogP contribution >= 0.6 is 46.6 Å². The van der Waals surface area contributed by atoms with Crippen LogP contribution in [0.2, 0.25) is 15.1 Å². The Morgan fingerprint density at radius 2 is 1.69 bits per heavy atom. The highest BCUT2D eigenvalue weighted by molar-refractivity contribution is 7.98. The predicted molar refractivity (Wildman–Crippen MR) is 142 cm³/mol. The molecule has 1 amide bonds. The molecule has 1 aliphatic heterocycles. The van der Waals surface area contributed by atoms with E-state index >= 15 is 0 Å². The lowest BCUT2D eigenvalue weighted by Gasteiger charge is -2.34. The maximum Gasteiger partial charge on any atom is 0.264 e. The summed E-state index contributed by atoms with van der Waals surface area (Å²) in [6.45, 7) is 0.215. The molecule has 0 fully saturated rings. The largest absolute Gasteiger partial charge is 0.476 e. The van der Waals surface area contributed by atoms with Crippen molar-refractivity contribution >= 4 is 68.2 Å². The summed E-state index contributed by atoms with van der Waals surface area (Å²) in [5.74, 6) is 1.14. The molecule has 184 valence electrons. The molecule has 11 heteroatoms. The minimum Gasteiger partial charge on any atom is -0.476 e. The highest BCUT2D eigenvalue weighted by Gasteiger charge is 2.37. The number of halogens is 3. The summed E-state index contributed by atoms with van der Waals surface area (Å²) < 4.78 is 33.8. The van der Waals surface area contributed by atoms with Gasteiger partial charge in [-0.25, -0.2) is 8.42 Å². The number of rotatable bonds is 8. The van der Waals surface area contributed by atoms with E-state index < -0.39 is 22.0 Å². The minimum atomic E-state index is -3.94. The van der Waals surface area contributed by atoms with Crippen molar-refractivity contribution in [2.45, 2.75) is 16.8 Å². The van der Waals surface area contributed by atoms with E-state index in [0.717, 1.165) is 5.56 Å². The van der Waals surface area contributed by atoms with E-state index in [0.29, 0.717) is 44.6 Å². The highest BCUT2D eigenvalue weighted by atomic mass is 35.5. The van der Waals surface area contributed by atoms with E-state index in [4.69, 9.17) is 39.5 Å². The number of hydrogen-bond acceptors (Lipinski definition) is 5. The first-order valence-corrected chi connectivity index (χ1v) is 14.3. The Balaban J connectivity index is 1.41. The Morgan fingerprint density at radius 1 is 1.00 bits per heavy atom. The maximum atomic E-state index is 13.4. The van der Waals surface area contributed by atoms with Crippen molar-refractivity contribution in [2.75, 3.05) is 23.1 Å². The van der Waals surface area contributed by atoms with Crippen LogP contribution in [-0.2, 0) is 20.6 Å². The monoisotopic (exact) mass is 570 g/mol. The van der Waals surface area contributed by atoms with E-state index in [1.165, 1.54) is 28.6 Å². The average molecular weight is 572 g/mol. The van der Waals surface area contributed by atoms with Gasteiger partial charge in [0.25, 0.3) is 15.9 Å². The van der Waals surface area contributed by atoms with Gasteiger partial charge in [0.05, 0.1) is 17.1 Å². The first kappa shape index (κ1) is 26.0. The smallest absolute Gasteiger partial charge is 0.264 e. The van der Waals surface area contributed by atoms with Crippen molar-refractivity contribution in [2.24, 2.45) is 0 Å². The van der Waals surface area contributed by atoms with Crippen LogP contribution in [0, 0.1) is 0 Å². The SMILES string of the molecule is O=C(NCCSCc1c(Cl)cccc1Cl)[C@@H]1CN(S(=O)(=O)c2ccc(Cl)cc2)c2ccccc2O1. The van der Waals surface area contributed by atoms with E-state index in [1.54, 1.807) is 54.2 Å². The fraction of sp³-hybridized carbons (Fsp3) is 0.208. The maximum absolute atomic E-state index is 13.4. The van der Waals surface area contributed by atoms with Gasteiger partial charge in [0.1, 0.15) is 5.75 Å². The lowest BCUT2D eigenvalue weighted by Crippen LogP contribution is -2.51. The van der Waals surface area contributed by atoms with E-state index in [1.807, 2.05) is 0 Å². The molecule has 6 nitrogen and oxygen atoms in total. The van der Waals surface area contributed by atoms with Crippen LogP contribution in [0.25, 0.3) is 0 Å². The lowest BCUT2D eigenvalue weighted by atomic mass is 10.2. The Bertz CT molecular complexity index is 1300. The molecule has 0 bridgehead atoms. The van der Waals surface area contributed by atoms with Crippen LogP contribution in [0.4, 0.5) is 5.69 Å². The summed E-state index contributed by atoms with van der Waals surface area (Å²) in [5, 5.41) is 4.46. The molecule has 0 saturated carbocycles. The van der Waals surface area contributed by atoms with Gasteiger partial charge in [-0.2, -0.15) is 11.8 Å². The number of nitrogens with one attached hydrogen (secondary N) is 1. The fourth-order valence-corrected chi connectivity index (χ4v) is 6.70. The third-order valence-corrected chi connectivity index (χ3v) is 9.02. The van der Waals surface area contributed by atoms with Crippen LogP contribution in [0.15, 0.2) is 71.6 Å². The Kier molecular flexibility index (Phi) is 8.39. The molecule has 3 aromatic rings. The average Bonchev–Trinajstić information content (AvgIpc) is 2.84. The number of anilines is 1. The number of ether oxygens (including phenoxy) is 1.